The lowest BCUT2D eigenvalue weighted by atomic mass is 9.97. The summed E-state index contributed by atoms with van der Waals surface area (Å²) in [6, 6.07) is 14.8. The van der Waals surface area contributed by atoms with Gasteiger partial charge in [-0.15, -0.1) is 0 Å². The van der Waals surface area contributed by atoms with Crippen LogP contribution in [0.4, 0.5) is 11.6 Å². The topological polar surface area (TPSA) is 138 Å². The number of carbonyl (C=O) groups is 1. The Kier molecular flexibility index (Phi) is 7.90. The van der Waals surface area contributed by atoms with E-state index in [1.807, 2.05) is 31.2 Å². The highest BCUT2D eigenvalue weighted by atomic mass is 32.2. The monoisotopic (exact) mass is 543 g/mol. The molecule has 1 saturated heterocycles. The van der Waals surface area contributed by atoms with Gasteiger partial charge in [-0.3, -0.25) is 4.79 Å². The molecule has 0 spiro atoms. The number of carbonyl (C=O) groups excluding carboxylic acids is 1. The van der Waals surface area contributed by atoms with Gasteiger partial charge in [0.05, 0.1) is 10.6 Å². The molecular weight excluding hydrogens is 514 g/mol. The number of nitrogens with zero attached hydrogens (tertiary/aromatic N) is 3. The van der Waals surface area contributed by atoms with Gasteiger partial charge in [0.15, 0.2) is 0 Å². The van der Waals surface area contributed by atoms with Crippen LogP contribution in [0.1, 0.15) is 29.7 Å². The fourth-order valence-electron chi connectivity index (χ4n) is 4.02. The molecule has 1 amide bonds. The second kappa shape index (κ2) is 11.0. The van der Waals surface area contributed by atoms with Crippen LogP contribution in [-0.4, -0.2) is 50.1 Å². The molecule has 0 saturated carbocycles. The van der Waals surface area contributed by atoms with Crippen LogP contribution in [0.5, 0.6) is 0 Å². The predicted octanol–water partition coefficient (Wildman–Crippen LogP) is 3.07. The number of hydrogen-bond donors (Lipinski definition) is 2. The van der Waals surface area contributed by atoms with Crippen molar-refractivity contribution in [3.05, 3.63) is 77.6 Å². The number of aryl methyl sites for hydroxylation is 2. The molecule has 10 nitrogen and oxygen atoms in total. The second-order valence-electron chi connectivity index (χ2n) is 9.06. The van der Waals surface area contributed by atoms with E-state index in [1.165, 1.54) is 34.8 Å². The molecule has 2 aromatic carbocycles. The summed E-state index contributed by atoms with van der Waals surface area (Å²) in [5.41, 5.74) is 2.88. The zero-order chi connectivity index (χ0) is 26.6. The first-order chi connectivity index (χ1) is 17.5. The number of rotatable bonds is 8. The Labute approximate surface area is 217 Å². The first kappa shape index (κ1) is 26.7. The first-order valence-corrected chi connectivity index (χ1v) is 14.9. The van der Waals surface area contributed by atoms with E-state index in [9.17, 15) is 21.6 Å². The summed E-state index contributed by atoms with van der Waals surface area (Å²) in [5.74, 6) is -0.652. The van der Waals surface area contributed by atoms with Crippen LogP contribution in [0.15, 0.2) is 65.7 Å². The summed E-state index contributed by atoms with van der Waals surface area (Å²) in [6.07, 6.45) is 2.28. The number of benzene rings is 2. The van der Waals surface area contributed by atoms with Gasteiger partial charge in [-0.05, 0) is 62.6 Å². The molecular formula is C25H29N5O5S2. The van der Waals surface area contributed by atoms with Gasteiger partial charge < -0.3 is 5.32 Å². The minimum atomic E-state index is -3.89. The molecule has 37 heavy (non-hydrogen) atoms. The van der Waals surface area contributed by atoms with E-state index >= 15 is 0 Å². The van der Waals surface area contributed by atoms with Crippen molar-refractivity contribution in [3.63, 3.8) is 0 Å². The molecule has 1 fully saturated rings. The molecule has 4 rings (SSSR count). The van der Waals surface area contributed by atoms with E-state index in [1.54, 1.807) is 13.0 Å². The Morgan fingerprint density at radius 1 is 0.946 bits per heavy atom. The molecule has 2 heterocycles. The van der Waals surface area contributed by atoms with E-state index in [0.29, 0.717) is 24.2 Å². The number of amides is 1. The average Bonchev–Trinajstić information content (AvgIpc) is 2.85. The average molecular weight is 544 g/mol. The van der Waals surface area contributed by atoms with Crippen LogP contribution in [0.3, 0.4) is 0 Å². The second-order valence-corrected chi connectivity index (χ2v) is 12.7. The predicted molar refractivity (Wildman–Crippen MR) is 141 cm³/mol. The van der Waals surface area contributed by atoms with E-state index < -0.39 is 20.0 Å². The van der Waals surface area contributed by atoms with Crippen molar-refractivity contribution in [2.45, 2.75) is 37.3 Å². The summed E-state index contributed by atoms with van der Waals surface area (Å²) >= 11 is 0. The molecule has 0 unspecified atom stereocenters. The third kappa shape index (κ3) is 6.90. The van der Waals surface area contributed by atoms with Crippen molar-refractivity contribution in [1.29, 1.82) is 0 Å². The molecule has 0 radical (unpaired) electrons. The smallest absolute Gasteiger partial charge is 0.264 e. The highest BCUT2D eigenvalue weighted by Gasteiger charge is 2.31. The van der Waals surface area contributed by atoms with Crippen molar-refractivity contribution < 1.29 is 21.6 Å². The van der Waals surface area contributed by atoms with Gasteiger partial charge in [-0.1, -0.05) is 29.8 Å². The minimum Gasteiger partial charge on any atom is -0.326 e. The first-order valence-electron chi connectivity index (χ1n) is 11.8. The zero-order valence-electron chi connectivity index (χ0n) is 20.6. The Hall–Kier alpha value is -3.35. The minimum absolute atomic E-state index is 0.00250. The normalized spacial score (nSPS) is 15.3. The summed E-state index contributed by atoms with van der Waals surface area (Å²) in [5, 5.41) is 2.80. The van der Waals surface area contributed by atoms with Crippen LogP contribution in [0.2, 0.25) is 0 Å². The van der Waals surface area contributed by atoms with E-state index in [2.05, 4.69) is 20.0 Å². The number of hydrogen-bond acceptors (Lipinski definition) is 7. The molecule has 0 atom stereocenters. The zero-order valence-corrected chi connectivity index (χ0v) is 22.2. The lowest BCUT2D eigenvalue weighted by Crippen LogP contribution is -2.41. The quantitative estimate of drug-likeness (QED) is 0.445. The van der Waals surface area contributed by atoms with Gasteiger partial charge in [-0.2, -0.15) is 0 Å². The Bertz CT molecular complexity index is 1470. The van der Waals surface area contributed by atoms with Gasteiger partial charge in [0.2, 0.25) is 21.9 Å². The molecule has 0 bridgehead atoms. The number of sulfonamides is 2. The van der Waals surface area contributed by atoms with Crippen molar-refractivity contribution in [3.8, 4) is 0 Å². The third-order valence-electron chi connectivity index (χ3n) is 6.14. The summed E-state index contributed by atoms with van der Waals surface area (Å²) in [7, 11) is -7.36. The van der Waals surface area contributed by atoms with Gasteiger partial charge >= 0.3 is 0 Å². The summed E-state index contributed by atoms with van der Waals surface area (Å²) < 4.78 is 54.6. The molecule has 2 N–H and O–H groups in total. The maximum absolute atomic E-state index is 12.8. The van der Waals surface area contributed by atoms with Crippen LogP contribution in [0.25, 0.3) is 0 Å². The van der Waals surface area contributed by atoms with Crippen LogP contribution < -0.4 is 10.0 Å². The molecule has 12 heteroatoms. The molecule has 3 aromatic rings. The number of piperidine rings is 1. The van der Waals surface area contributed by atoms with Gasteiger partial charge in [0, 0.05) is 36.6 Å². The van der Waals surface area contributed by atoms with Crippen molar-refractivity contribution in [2.75, 3.05) is 23.1 Å². The highest BCUT2D eigenvalue weighted by Crippen LogP contribution is 2.24. The molecule has 1 aliphatic rings. The fourth-order valence-corrected chi connectivity index (χ4v) is 6.54. The number of anilines is 2. The SMILES string of the molecule is Cc1ccc(CS(=O)(=O)N2CCC(C(=O)Nc3ccc(S(=O)(=O)Nc4nccc(C)n4)cc3)CC2)cc1. The van der Waals surface area contributed by atoms with Crippen LogP contribution in [-0.2, 0) is 30.6 Å². The van der Waals surface area contributed by atoms with Crippen LogP contribution in [0, 0.1) is 19.8 Å². The van der Waals surface area contributed by atoms with Gasteiger partial charge in [0.25, 0.3) is 10.0 Å². The third-order valence-corrected chi connectivity index (χ3v) is 9.33. The maximum atomic E-state index is 12.8. The van der Waals surface area contributed by atoms with E-state index in [4.69, 9.17) is 0 Å². The number of nitrogens with one attached hydrogen (secondary N) is 2. The lowest BCUT2D eigenvalue weighted by Gasteiger charge is -2.30. The van der Waals surface area contributed by atoms with Crippen molar-refractivity contribution in [1.82, 2.24) is 14.3 Å². The van der Waals surface area contributed by atoms with E-state index in [-0.39, 0.29) is 41.5 Å². The Morgan fingerprint density at radius 3 is 2.22 bits per heavy atom. The highest BCUT2D eigenvalue weighted by molar-refractivity contribution is 7.92. The summed E-state index contributed by atoms with van der Waals surface area (Å²) in [6.45, 7) is 4.22. The Balaban J connectivity index is 1.31. The van der Waals surface area contributed by atoms with Crippen LogP contribution >= 0.6 is 0 Å². The molecule has 1 aliphatic heterocycles. The molecule has 196 valence electrons. The lowest BCUT2D eigenvalue weighted by molar-refractivity contribution is -0.120. The molecule has 0 aliphatic carbocycles. The fraction of sp³-hybridized carbons (Fsp3) is 0.320. The Morgan fingerprint density at radius 2 is 1.59 bits per heavy atom. The van der Waals surface area contributed by atoms with E-state index in [0.717, 1.165) is 11.1 Å². The maximum Gasteiger partial charge on any atom is 0.264 e. The van der Waals surface area contributed by atoms with Crippen molar-refractivity contribution in [2.24, 2.45) is 5.92 Å². The van der Waals surface area contributed by atoms with Gasteiger partial charge in [0.1, 0.15) is 0 Å². The van der Waals surface area contributed by atoms with Crippen molar-refractivity contribution >= 4 is 37.6 Å². The largest absolute Gasteiger partial charge is 0.326 e. The summed E-state index contributed by atoms with van der Waals surface area (Å²) in [4.78, 5) is 20.7. The van der Waals surface area contributed by atoms with Gasteiger partial charge in [-0.25, -0.2) is 35.8 Å². The standard InChI is InChI=1S/C25H29N5O5S2/c1-18-3-5-20(6-4-18)17-36(32,33)30-15-12-21(13-16-30)24(31)28-22-7-9-23(10-8-22)37(34,35)29-25-26-14-11-19(2)27-25/h3-11,14,21H,12-13,15-17H2,1-2H3,(H,28,31)(H,26,27,29). The molecule has 1 aromatic heterocycles. The number of aromatic nitrogens is 2.